The van der Waals surface area contributed by atoms with Gasteiger partial charge in [0.25, 0.3) is 5.56 Å². The van der Waals surface area contributed by atoms with Gasteiger partial charge in [-0.2, -0.15) is 0 Å². The van der Waals surface area contributed by atoms with Gasteiger partial charge in [0.2, 0.25) is 5.91 Å². The zero-order valence-corrected chi connectivity index (χ0v) is 23.6. The number of rotatable bonds is 13. The van der Waals surface area contributed by atoms with Crippen LogP contribution >= 0.6 is 0 Å². The number of carbonyl (C=O) groups is 2. The summed E-state index contributed by atoms with van der Waals surface area (Å²) in [6.07, 6.45) is 3.92. The van der Waals surface area contributed by atoms with Crippen LogP contribution in [0.1, 0.15) is 86.4 Å². The molecule has 0 saturated carbocycles. The van der Waals surface area contributed by atoms with Crippen molar-refractivity contribution in [1.82, 2.24) is 9.88 Å². The minimum Gasteiger partial charge on any atom is -0.491 e. The first-order chi connectivity index (χ1) is 18.6. The van der Waals surface area contributed by atoms with Gasteiger partial charge in [-0.15, -0.1) is 0 Å². The molecule has 2 N–H and O–H groups in total. The van der Waals surface area contributed by atoms with Crippen molar-refractivity contribution in [3.8, 4) is 5.75 Å². The fourth-order valence-electron chi connectivity index (χ4n) is 4.75. The number of amides is 1. The lowest BCUT2D eigenvalue weighted by molar-refractivity contribution is -0.138. The number of aryl methyl sites for hydroxylation is 2. The average Bonchev–Trinajstić information content (AvgIpc) is 2.87. The Morgan fingerprint density at radius 3 is 2.44 bits per heavy atom. The number of carbonyl (C=O) groups excluding carboxylic acids is 1. The summed E-state index contributed by atoms with van der Waals surface area (Å²) in [5.74, 6) is -0.807. The number of aromatic nitrogens is 1. The van der Waals surface area contributed by atoms with E-state index in [4.69, 9.17) is 4.74 Å². The normalized spacial score (nSPS) is 12.7. The van der Waals surface area contributed by atoms with Crippen molar-refractivity contribution in [2.45, 2.75) is 84.9 Å². The van der Waals surface area contributed by atoms with Gasteiger partial charge in [-0.3, -0.25) is 14.4 Å². The molecule has 7 heteroatoms. The van der Waals surface area contributed by atoms with E-state index < -0.39 is 18.1 Å². The van der Waals surface area contributed by atoms with Gasteiger partial charge in [0, 0.05) is 18.2 Å². The summed E-state index contributed by atoms with van der Waals surface area (Å²) in [5, 5.41) is 12.6. The Hall–Kier alpha value is -3.87. The van der Waals surface area contributed by atoms with Crippen molar-refractivity contribution in [3.63, 3.8) is 0 Å². The molecule has 2 atom stereocenters. The minimum atomic E-state index is -1.03. The Kier molecular flexibility index (Phi) is 10.5. The molecule has 0 aliphatic heterocycles. The van der Waals surface area contributed by atoms with Crippen molar-refractivity contribution in [2.24, 2.45) is 0 Å². The molecule has 2 aromatic carbocycles. The zero-order chi connectivity index (χ0) is 28.5. The van der Waals surface area contributed by atoms with Crippen LogP contribution in [0, 0.1) is 13.8 Å². The van der Waals surface area contributed by atoms with Crippen LogP contribution in [0.25, 0.3) is 0 Å². The van der Waals surface area contributed by atoms with Gasteiger partial charge in [0.15, 0.2) is 0 Å². The van der Waals surface area contributed by atoms with Gasteiger partial charge in [-0.25, -0.2) is 0 Å². The Morgan fingerprint density at radius 2 is 1.77 bits per heavy atom. The maximum Gasteiger partial charge on any atom is 0.305 e. The van der Waals surface area contributed by atoms with E-state index in [2.05, 4.69) is 5.32 Å². The molecule has 7 nitrogen and oxygen atoms in total. The largest absolute Gasteiger partial charge is 0.491 e. The zero-order valence-electron chi connectivity index (χ0n) is 23.6. The molecule has 0 radical (unpaired) electrons. The topological polar surface area (TPSA) is 97.6 Å². The third kappa shape index (κ3) is 8.31. The minimum absolute atomic E-state index is 0.0479. The van der Waals surface area contributed by atoms with Crippen LogP contribution in [0.5, 0.6) is 5.75 Å². The highest BCUT2D eigenvalue weighted by Gasteiger charge is 2.27. The van der Waals surface area contributed by atoms with Gasteiger partial charge in [0.1, 0.15) is 11.8 Å². The van der Waals surface area contributed by atoms with Crippen LogP contribution in [0.2, 0.25) is 0 Å². The predicted octanol–water partition coefficient (Wildman–Crippen LogP) is 5.91. The molecule has 1 unspecified atom stereocenters. The van der Waals surface area contributed by atoms with E-state index in [1.165, 1.54) is 4.57 Å². The molecule has 0 spiro atoms. The number of hydrogen-bond donors (Lipinski definition) is 2. The third-order valence-electron chi connectivity index (χ3n) is 6.69. The van der Waals surface area contributed by atoms with E-state index >= 15 is 0 Å². The second-order valence-electron chi connectivity index (χ2n) is 10.4. The van der Waals surface area contributed by atoms with E-state index in [1.54, 1.807) is 30.5 Å². The molecule has 3 aromatic rings. The number of hydrogen-bond acceptors (Lipinski definition) is 4. The van der Waals surface area contributed by atoms with Crippen molar-refractivity contribution < 1.29 is 19.4 Å². The number of pyridine rings is 1. The first-order valence-electron chi connectivity index (χ1n) is 13.6. The SMILES string of the molecule is CCCCC(C(=O)N[C@@H](CC(=O)O)c1cccc(OC(C)C)c1)n1cc(C)cc(Cc2ccccc2C)c1=O. The fraction of sp³-hybridized carbons (Fsp3) is 0.406. The molecule has 0 fully saturated rings. The van der Waals surface area contributed by atoms with E-state index in [1.807, 2.05) is 65.0 Å². The Labute approximate surface area is 230 Å². The molecule has 0 saturated heterocycles. The summed E-state index contributed by atoms with van der Waals surface area (Å²) in [7, 11) is 0. The second kappa shape index (κ2) is 13.8. The summed E-state index contributed by atoms with van der Waals surface area (Å²) in [6, 6.07) is 15.4. The van der Waals surface area contributed by atoms with Gasteiger partial charge >= 0.3 is 5.97 Å². The molecule has 1 heterocycles. The molecule has 39 heavy (non-hydrogen) atoms. The van der Waals surface area contributed by atoms with Gasteiger partial charge < -0.3 is 19.7 Å². The Morgan fingerprint density at radius 1 is 1.03 bits per heavy atom. The number of nitrogens with zero attached hydrogens (tertiary/aromatic N) is 1. The summed E-state index contributed by atoms with van der Waals surface area (Å²) in [4.78, 5) is 39.2. The number of nitrogens with one attached hydrogen (secondary N) is 1. The molecule has 208 valence electrons. The molecule has 3 rings (SSSR count). The summed E-state index contributed by atoms with van der Waals surface area (Å²) in [6.45, 7) is 9.79. The summed E-state index contributed by atoms with van der Waals surface area (Å²) >= 11 is 0. The van der Waals surface area contributed by atoms with E-state index in [9.17, 15) is 19.5 Å². The van der Waals surface area contributed by atoms with Crippen molar-refractivity contribution >= 4 is 11.9 Å². The highest BCUT2D eigenvalue weighted by atomic mass is 16.5. The standard InChI is InChI=1S/C32H40N2O5/c1-6-7-15-29(34-20-22(4)16-26(32(34)38)17-24-12-9-8-11-23(24)5)31(37)33-28(19-30(35)36)25-13-10-14-27(18-25)39-21(2)3/h8-14,16,18,20-21,28-29H,6-7,15,17,19H2,1-5H3,(H,33,37)(H,35,36)/t28-,29?/m0/s1. The fourth-order valence-corrected chi connectivity index (χ4v) is 4.75. The Balaban J connectivity index is 1.97. The molecule has 1 amide bonds. The second-order valence-corrected chi connectivity index (χ2v) is 10.4. The van der Waals surface area contributed by atoms with Crippen LogP contribution in [0.4, 0.5) is 0 Å². The average molecular weight is 533 g/mol. The third-order valence-corrected chi connectivity index (χ3v) is 6.69. The molecular weight excluding hydrogens is 492 g/mol. The lowest BCUT2D eigenvalue weighted by atomic mass is 9.99. The van der Waals surface area contributed by atoms with E-state index in [-0.39, 0.29) is 24.0 Å². The van der Waals surface area contributed by atoms with Crippen molar-refractivity contribution in [3.05, 3.63) is 99.0 Å². The lowest BCUT2D eigenvalue weighted by Crippen LogP contribution is -2.40. The maximum absolute atomic E-state index is 13.8. The van der Waals surface area contributed by atoms with Gasteiger partial charge in [-0.05, 0) is 74.6 Å². The van der Waals surface area contributed by atoms with E-state index in [0.29, 0.717) is 29.7 Å². The van der Waals surface area contributed by atoms with E-state index in [0.717, 1.165) is 29.5 Å². The summed E-state index contributed by atoms with van der Waals surface area (Å²) < 4.78 is 7.31. The summed E-state index contributed by atoms with van der Waals surface area (Å²) in [5.41, 5.74) is 4.10. The van der Waals surface area contributed by atoms with Crippen LogP contribution < -0.4 is 15.6 Å². The highest BCUT2D eigenvalue weighted by Crippen LogP contribution is 2.25. The van der Waals surface area contributed by atoms with Crippen LogP contribution in [0.15, 0.2) is 65.6 Å². The van der Waals surface area contributed by atoms with Crippen LogP contribution in [0.3, 0.4) is 0 Å². The number of benzene rings is 2. The smallest absolute Gasteiger partial charge is 0.305 e. The first-order valence-corrected chi connectivity index (χ1v) is 13.6. The number of aliphatic carboxylic acids is 1. The molecule has 0 bridgehead atoms. The van der Waals surface area contributed by atoms with Crippen molar-refractivity contribution in [1.29, 1.82) is 0 Å². The number of carboxylic acids is 1. The lowest BCUT2D eigenvalue weighted by Gasteiger charge is -2.25. The van der Waals surface area contributed by atoms with Crippen LogP contribution in [-0.4, -0.2) is 27.7 Å². The van der Waals surface area contributed by atoms with Crippen LogP contribution in [-0.2, 0) is 16.0 Å². The molecule has 0 aliphatic carbocycles. The predicted molar refractivity (Wildman–Crippen MR) is 153 cm³/mol. The number of unbranched alkanes of at least 4 members (excludes halogenated alkanes) is 1. The van der Waals surface area contributed by atoms with Gasteiger partial charge in [0.05, 0.1) is 18.6 Å². The Bertz CT molecular complexity index is 1340. The monoisotopic (exact) mass is 532 g/mol. The molecular formula is C32H40N2O5. The molecule has 0 aliphatic rings. The maximum atomic E-state index is 13.8. The molecule has 1 aromatic heterocycles. The highest BCUT2D eigenvalue weighted by molar-refractivity contribution is 5.81. The van der Waals surface area contributed by atoms with Gasteiger partial charge in [-0.1, -0.05) is 56.2 Å². The number of ether oxygens (including phenoxy) is 1. The first kappa shape index (κ1) is 29.7. The quantitative estimate of drug-likeness (QED) is 0.285. The number of carboxylic acid groups (broad SMARTS) is 1. The van der Waals surface area contributed by atoms with Crippen molar-refractivity contribution in [2.75, 3.05) is 0 Å².